The third-order valence-electron chi connectivity index (χ3n) is 6.54. The Morgan fingerprint density at radius 2 is 1.76 bits per heavy atom. The largest absolute Gasteiger partial charge is 0.349 e. The molecule has 2 atom stereocenters. The predicted octanol–water partition coefficient (Wildman–Crippen LogP) is 1.34. The van der Waals surface area contributed by atoms with Crippen LogP contribution in [-0.2, 0) is 16.4 Å². The fraction of sp³-hybridized carbons (Fsp3) is 0.417. The first kappa shape index (κ1) is 22.4. The molecule has 174 valence electrons. The third kappa shape index (κ3) is 5.59. The van der Waals surface area contributed by atoms with E-state index in [1.165, 1.54) is 17.3 Å². The number of nitrogens with one attached hydrogen (secondary N) is 3. The molecule has 3 aliphatic heterocycles. The van der Waals surface area contributed by atoms with Crippen molar-refractivity contribution >= 4 is 38.4 Å². The Labute approximate surface area is 199 Å². The maximum Gasteiger partial charge on any atom is 0.251 e. The summed E-state index contributed by atoms with van der Waals surface area (Å²) in [5, 5.41) is 7.21. The fourth-order valence-corrected chi connectivity index (χ4v) is 8.42. The van der Waals surface area contributed by atoms with Gasteiger partial charge in [0.05, 0.1) is 30.6 Å². The molecular weight excluding hydrogens is 456 g/mol. The molecule has 2 aromatic carbocycles. The molecule has 0 aliphatic carbocycles. The molecule has 0 spiro atoms. The van der Waals surface area contributed by atoms with Gasteiger partial charge in [-0.1, -0.05) is 42.1 Å². The second-order valence-corrected chi connectivity index (χ2v) is 12.5. The van der Waals surface area contributed by atoms with Crippen molar-refractivity contribution in [3.8, 4) is 0 Å². The molecule has 1 amide bonds. The highest BCUT2D eigenvalue weighted by atomic mass is 32.2. The van der Waals surface area contributed by atoms with Crippen molar-refractivity contribution in [2.24, 2.45) is 4.99 Å². The van der Waals surface area contributed by atoms with Crippen LogP contribution in [0.5, 0.6) is 0 Å². The molecule has 2 saturated heterocycles. The molecule has 3 heterocycles. The summed E-state index contributed by atoms with van der Waals surface area (Å²) < 4.78 is 23.4. The highest BCUT2D eigenvalue weighted by Crippen LogP contribution is 2.34. The first-order chi connectivity index (χ1) is 15.9. The summed E-state index contributed by atoms with van der Waals surface area (Å²) in [4.78, 5) is 18.8. The maximum atomic E-state index is 12.7. The number of hydrogen-bond donors (Lipinski definition) is 3. The number of piperidine rings is 1. The van der Waals surface area contributed by atoms with Gasteiger partial charge in [-0.05, 0) is 24.3 Å². The van der Waals surface area contributed by atoms with Gasteiger partial charge in [-0.3, -0.25) is 9.79 Å². The molecule has 33 heavy (non-hydrogen) atoms. The summed E-state index contributed by atoms with van der Waals surface area (Å²) in [5.74, 6) is 0.301. The van der Waals surface area contributed by atoms with Gasteiger partial charge in [0, 0.05) is 40.9 Å². The predicted molar refractivity (Wildman–Crippen MR) is 133 cm³/mol. The van der Waals surface area contributed by atoms with Crippen molar-refractivity contribution in [3.63, 3.8) is 0 Å². The Morgan fingerprint density at radius 3 is 2.45 bits per heavy atom. The quantitative estimate of drug-likeness (QED) is 0.595. The summed E-state index contributed by atoms with van der Waals surface area (Å²) in [5.41, 5.74) is 2.85. The Balaban J connectivity index is 1.09. The smallest absolute Gasteiger partial charge is 0.251 e. The molecule has 0 aromatic heterocycles. The molecule has 0 bridgehead atoms. The minimum Gasteiger partial charge on any atom is -0.349 e. The topological polar surface area (TPSA) is 92.1 Å². The van der Waals surface area contributed by atoms with E-state index in [0.717, 1.165) is 43.3 Å². The van der Waals surface area contributed by atoms with Gasteiger partial charge in [0.1, 0.15) is 6.54 Å². The Kier molecular flexibility index (Phi) is 6.44. The number of carbonyl (C=O) groups excluding carboxylic acids is 1. The molecule has 5 rings (SSSR count). The van der Waals surface area contributed by atoms with Crippen molar-refractivity contribution in [1.82, 2.24) is 5.32 Å². The van der Waals surface area contributed by atoms with Crippen molar-refractivity contribution in [2.75, 3.05) is 29.9 Å². The Bertz CT molecular complexity index is 1130. The van der Waals surface area contributed by atoms with Crippen molar-refractivity contribution in [3.05, 3.63) is 65.7 Å². The number of thioether (sulfide) groups is 1. The number of likely N-dealkylation sites (tertiary alicyclic amines) is 1. The molecule has 2 aromatic rings. The number of quaternary nitrogens is 1. The molecule has 9 heteroatoms. The van der Waals surface area contributed by atoms with Crippen LogP contribution in [-0.4, -0.2) is 61.4 Å². The minimum atomic E-state index is -2.95. The number of anilines is 1. The summed E-state index contributed by atoms with van der Waals surface area (Å²) >= 11 is 1.49. The Morgan fingerprint density at radius 1 is 1.03 bits per heavy atom. The zero-order valence-electron chi connectivity index (χ0n) is 18.4. The highest BCUT2D eigenvalue weighted by Gasteiger charge is 2.42. The summed E-state index contributed by atoms with van der Waals surface area (Å²) in [7, 11) is -2.95. The van der Waals surface area contributed by atoms with Gasteiger partial charge in [0.15, 0.2) is 15.0 Å². The number of fused-ring (bicyclic) bond motifs is 1. The molecule has 0 radical (unpaired) electrons. The molecule has 2 unspecified atom stereocenters. The number of sulfone groups is 1. The van der Waals surface area contributed by atoms with Gasteiger partial charge in [0.2, 0.25) is 0 Å². The second-order valence-electron chi connectivity index (χ2n) is 9.10. The zero-order valence-corrected chi connectivity index (χ0v) is 20.0. The normalized spacial score (nSPS) is 28.1. The average molecular weight is 486 g/mol. The fourth-order valence-electron chi connectivity index (χ4n) is 4.74. The van der Waals surface area contributed by atoms with E-state index >= 15 is 0 Å². The maximum absolute atomic E-state index is 12.7. The van der Waals surface area contributed by atoms with Crippen molar-refractivity contribution in [2.45, 2.75) is 36.7 Å². The van der Waals surface area contributed by atoms with E-state index < -0.39 is 9.84 Å². The van der Waals surface area contributed by atoms with Crippen LogP contribution < -0.4 is 15.5 Å². The highest BCUT2D eigenvalue weighted by molar-refractivity contribution is 8.15. The van der Waals surface area contributed by atoms with Crippen molar-refractivity contribution < 1.29 is 18.1 Å². The number of nitrogens with zero attached hydrogens (tertiary/aromatic N) is 1. The number of hydrogen-bond acceptors (Lipinski definition) is 6. The third-order valence-corrected chi connectivity index (χ3v) is 9.68. The van der Waals surface area contributed by atoms with E-state index in [1.54, 1.807) is 4.90 Å². The lowest BCUT2D eigenvalue weighted by Crippen LogP contribution is -3.12. The summed E-state index contributed by atoms with van der Waals surface area (Å²) in [6.07, 6.45) is 1.98. The second kappa shape index (κ2) is 9.48. The van der Waals surface area contributed by atoms with Crippen LogP contribution in [0.2, 0.25) is 0 Å². The number of amides is 1. The molecule has 3 N–H and O–H groups in total. The van der Waals surface area contributed by atoms with E-state index in [4.69, 9.17) is 0 Å². The van der Waals surface area contributed by atoms with E-state index in [2.05, 4.69) is 39.9 Å². The van der Waals surface area contributed by atoms with Gasteiger partial charge in [-0.2, -0.15) is 0 Å². The van der Waals surface area contributed by atoms with Crippen LogP contribution in [0.15, 0.2) is 59.6 Å². The standard InChI is InChI=1S/C24H28N4O3S2/c29-23(25-20-10-12-28(13-11-20)14-17-4-2-1-3-5-17)18-6-8-19(9-7-18)26-24-27-21-15-33(30,31)16-22(21)32-24/h1-9,20-22H,10-16H2,(H,25,29)(H,26,27)/p+1. The van der Waals surface area contributed by atoms with Gasteiger partial charge in [-0.25, -0.2) is 8.42 Å². The monoisotopic (exact) mass is 485 g/mol. The van der Waals surface area contributed by atoms with Crippen LogP contribution in [0, 0.1) is 0 Å². The SMILES string of the molecule is O=C(NC1CC[NH+](Cc2ccccc2)CC1)c1ccc(NC2=NC3CS(=O)(=O)CC3S2)cc1. The van der Waals surface area contributed by atoms with E-state index in [9.17, 15) is 13.2 Å². The van der Waals surface area contributed by atoms with Crippen LogP contribution in [0.3, 0.4) is 0 Å². The lowest BCUT2D eigenvalue weighted by atomic mass is 10.0. The summed E-state index contributed by atoms with van der Waals surface area (Å²) in [6, 6.07) is 18.0. The number of amidine groups is 1. The van der Waals surface area contributed by atoms with Crippen LogP contribution in [0.4, 0.5) is 5.69 Å². The molecular formula is C24H29N4O3S2+. The van der Waals surface area contributed by atoms with E-state index in [0.29, 0.717) is 5.56 Å². The number of carbonyl (C=O) groups is 1. The number of aliphatic imine (C=N–C) groups is 1. The first-order valence-electron chi connectivity index (χ1n) is 11.4. The lowest BCUT2D eigenvalue weighted by molar-refractivity contribution is -0.918. The minimum absolute atomic E-state index is 0.0171. The van der Waals surface area contributed by atoms with Gasteiger partial charge < -0.3 is 15.5 Å². The Hall–Kier alpha value is -2.36. The molecule has 0 saturated carbocycles. The van der Waals surface area contributed by atoms with Gasteiger partial charge in [-0.15, -0.1) is 0 Å². The average Bonchev–Trinajstić information content (AvgIpc) is 3.28. The van der Waals surface area contributed by atoms with Gasteiger partial charge in [0.25, 0.3) is 5.91 Å². The van der Waals surface area contributed by atoms with E-state index in [-0.39, 0.29) is 34.7 Å². The molecule has 7 nitrogen and oxygen atoms in total. The molecule has 2 fully saturated rings. The van der Waals surface area contributed by atoms with Crippen LogP contribution in [0.1, 0.15) is 28.8 Å². The summed E-state index contributed by atoms with van der Waals surface area (Å²) in [6.45, 7) is 3.16. The van der Waals surface area contributed by atoms with E-state index in [1.807, 2.05) is 30.3 Å². The molecule has 3 aliphatic rings. The number of benzene rings is 2. The number of rotatable bonds is 5. The van der Waals surface area contributed by atoms with Crippen LogP contribution in [0.25, 0.3) is 0 Å². The van der Waals surface area contributed by atoms with Crippen LogP contribution >= 0.6 is 11.8 Å². The van der Waals surface area contributed by atoms with Crippen molar-refractivity contribution in [1.29, 1.82) is 0 Å². The van der Waals surface area contributed by atoms with Gasteiger partial charge >= 0.3 is 0 Å². The first-order valence-corrected chi connectivity index (χ1v) is 14.1. The lowest BCUT2D eigenvalue weighted by Gasteiger charge is -2.29. The zero-order chi connectivity index (χ0) is 22.8.